The topological polar surface area (TPSA) is 72.2 Å². The molecule has 1 rings (SSSR count). The summed E-state index contributed by atoms with van der Waals surface area (Å²) in [5.41, 5.74) is 5.11. The molecular weight excluding hydrogens is 336 g/mol. The van der Waals surface area contributed by atoms with Crippen molar-refractivity contribution in [1.29, 1.82) is 0 Å². The Kier molecular flexibility index (Phi) is 4.42. The molecule has 1 aromatic heterocycles. The van der Waals surface area contributed by atoms with Gasteiger partial charge in [0.2, 0.25) is 10.0 Å². The Hall–Kier alpha value is 0.340. The number of nitrogens with one attached hydrogen (secondary N) is 1. The van der Waals surface area contributed by atoms with Crippen molar-refractivity contribution in [3.05, 3.63) is 14.9 Å². The summed E-state index contributed by atoms with van der Waals surface area (Å²) in [6.07, 6.45) is 0. The minimum Gasteiger partial charge on any atom is -0.324 e. The van der Waals surface area contributed by atoms with Crippen LogP contribution in [0.1, 0.15) is 13.8 Å². The molecule has 0 aliphatic rings. The van der Waals surface area contributed by atoms with Crippen molar-refractivity contribution in [3.8, 4) is 0 Å². The van der Waals surface area contributed by atoms with Crippen molar-refractivity contribution in [2.45, 2.75) is 23.6 Å². The van der Waals surface area contributed by atoms with Gasteiger partial charge in [-0.1, -0.05) is 11.6 Å². The van der Waals surface area contributed by atoms with Gasteiger partial charge in [-0.2, -0.15) is 0 Å². The van der Waals surface area contributed by atoms with Crippen LogP contribution in [0.4, 0.5) is 0 Å². The third kappa shape index (κ3) is 3.97. The first kappa shape index (κ1) is 14.4. The van der Waals surface area contributed by atoms with Crippen LogP contribution in [-0.2, 0) is 10.0 Å². The number of hydrogen-bond donors (Lipinski definition) is 2. The van der Waals surface area contributed by atoms with Gasteiger partial charge in [-0.15, -0.1) is 11.3 Å². The van der Waals surface area contributed by atoms with Crippen LogP contribution >= 0.6 is 38.9 Å². The van der Waals surface area contributed by atoms with Crippen LogP contribution in [0.3, 0.4) is 0 Å². The van der Waals surface area contributed by atoms with Crippen molar-refractivity contribution >= 4 is 48.9 Å². The van der Waals surface area contributed by atoms with Crippen molar-refractivity contribution < 1.29 is 8.42 Å². The molecule has 3 N–H and O–H groups in total. The lowest BCUT2D eigenvalue weighted by atomic mass is 10.1. The van der Waals surface area contributed by atoms with Crippen molar-refractivity contribution in [2.24, 2.45) is 5.73 Å². The second-order valence-corrected chi connectivity index (χ2v) is 8.77. The minimum absolute atomic E-state index is 0.169. The maximum absolute atomic E-state index is 11.8. The molecule has 4 nitrogen and oxygen atoms in total. The van der Waals surface area contributed by atoms with Crippen molar-refractivity contribution in [1.82, 2.24) is 4.72 Å². The molecule has 0 amide bonds. The maximum Gasteiger partial charge on any atom is 0.250 e. The van der Waals surface area contributed by atoms with E-state index in [1.54, 1.807) is 13.8 Å². The van der Waals surface area contributed by atoms with Gasteiger partial charge in [-0.3, -0.25) is 0 Å². The van der Waals surface area contributed by atoms with E-state index in [-0.39, 0.29) is 10.8 Å². The first-order valence-corrected chi connectivity index (χ1v) is 7.82. The van der Waals surface area contributed by atoms with Crippen LogP contribution in [0.2, 0.25) is 5.02 Å². The molecule has 0 unspecified atom stereocenters. The molecule has 0 atom stereocenters. The minimum atomic E-state index is -3.52. The van der Waals surface area contributed by atoms with E-state index in [1.165, 1.54) is 6.07 Å². The predicted octanol–water partition coefficient (Wildman–Crippen LogP) is 2.18. The van der Waals surface area contributed by atoms with E-state index in [1.807, 2.05) is 0 Å². The smallest absolute Gasteiger partial charge is 0.250 e. The van der Waals surface area contributed by atoms with E-state index in [0.717, 1.165) is 11.3 Å². The summed E-state index contributed by atoms with van der Waals surface area (Å²) in [6, 6.07) is 1.40. The quantitative estimate of drug-likeness (QED) is 0.877. The first-order valence-electron chi connectivity index (χ1n) is 4.35. The fraction of sp³-hybridized carbons (Fsp3) is 0.500. The molecule has 1 heterocycles. The van der Waals surface area contributed by atoms with Gasteiger partial charge in [0.05, 0.1) is 8.81 Å². The molecule has 92 valence electrons. The molecular formula is C8H12BrClN2O2S2. The average molecular weight is 348 g/mol. The van der Waals surface area contributed by atoms with Crippen LogP contribution in [-0.4, -0.2) is 20.5 Å². The zero-order chi connectivity index (χ0) is 12.6. The van der Waals surface area contributed by atoms with E-state index in [4.69, 9.17) is 17.3 Å². The second-order valence-electron chi connectivity index (χ2n) is 4.00. The third-order valence-electron chi connectivity index (χ3n) is 1.61. The summed E-state index contributed by atoms with van der Waals surface area (Å²) < 4.78 is 26.8. The summed E-state index contributed by atoms with van der Waals surface area (Å²) in [7, 11) is -3.52. The standard InChI is InChI=1S/C8H12BrClN2O2S2/c1-8(2,11)4-12-16(13,14)6-3-5(10)7(9)15-6/h3,12H,4,11H2,1-2H3. The van der Waals surface area contributed by atoms with Gasteiger partial charge in [-0.05, 0) is 35.8 Å². The van der Waals surface area contributed by atoms with Gasteiger partial charge >= 0.3 is 0 Å². The van der Waals surface area contributed by atoms with Gasteiger partial charge in [0.1, 0.15) is 4.21 Å². The van der Waals surface area contributed by atoms with E-state index < -0.39 is 15.6 Å². The highest BCUT2D eigenvalue weighted by Crippen LogP contribution is 2.34. The van der Waals surface area contributed by atoms with Gasteiger partial charge < -0.3 is 5.73 Å². The van der Waals surface area contributed by atoms with Gasteiger partial charge in [0, 0.05) is 12.1 Å². The molecule has 1 aromatic rings. The van der Waals surface area contributed by atoms with Crippen LogP contribution in [0.5, 0.6) is 0 Å². The Morgan fingerprint density at radius 1 is 1.62 bits per heavy atom. The Balaban J connectivity index is 2.87. The zero-order valence-electron chi connectivity index (χ0n) is 8.75. The molecule has 0 saturated carbocycles. The van der Waals surface area contributed by atoms with Crippen molar-refractivity contribution in [3.63, 3.8) is 0 Å². The summed E-state index contributed by atoms with van der Waals surface area (Å²) in [4.78, 5) is 0. The largest absolute Gasteiger partial charge is 0.324 e. The molecule has 16 heavy (non-hydrogen) atoms. The molecule has 0 aliphatic heterocycles. The van der Waals surface area contributed by atoms with Gasteiger partial charge in [0.15, 0.2) is 0 Å². The highest BCUT2D eigenvalue weighted by molar-refractivity contribution is 9.11. The second kappa shape index (κ2) is 4.91. The summed E-state index contributed by atoms with van der Waals surface area (Å²) >= 11 is 10.0. The Bertz CT molecular complexity index is 459. The summed E-state index contributed by atoms with van der Waals surface area (Å²) in [6.45, 7) is 3.65. The van der Waals surface area contributed by atoms with E-state index in [2.05, 4.69) is 20.7 Å². The summed E-state index contributed by atoms with van der Waals surface area (Å²) in [5, 5.41) is 0.386. The monoisotopic (exact) mass is 346 g/mol. The number of halogens is 2. The lowest BCUT2D eigenvalue weighted by Crippen LogP contribution is -2.44. The van der Waals surface area contributed by atoms with Gasteiger partial charge in [0.25, 0.3) is 0 Å². The number of sulfonamides is 1. The lowest BCUT2D eigenvalue weighted by molar-refractivity contribution is 0.498. The fourth-order valence-corrected chi connectivity index (χ4v) is 4.48. The highest BCUT2D eigenvalue weighted by atomic mass is 79.9. The normalized spacial score (nSPS) is 13.1. The highest BCUT2D eigenvalue weighted by Gasteiger charge is 2.21. The Morgan fingerprint density at radius 2 is 2.19 bits per heavy atom. The number of rotatable bonds is 4. The van der Waals surface area contributed by atoms with E-state index in [0.29, 0.717) is 8.81 Å². The first-order chi connectivity index (χ1) is 7.12. The molecule has 0 bridgehead atoms. The zero-order valence-corrected chi connectivity index (χ0v) is 12.7. The fourth-order valence-electron chi connectivity index (χ4n) is 0.811. The Labute approximate surface area is 112 Å². The van der Waals surface area contributed by atoms with Gasteiger partial charge in [-0.25, -0.2) is 13.1 Å². The van der Waals surface area contributed by atoms with Crippen LogP contribution in [0, 0.1) is 0 Å². The van der Waals surface area contributed by atoms with Crippen LogP contribution < -0.4 is 10.5 Å². The maximum atomic E-state index is 11.8. The number of nitrogens with two attached hydrogens (primary N) is 1. The lowest BCUT2D eigenvalue weighted by Gasteiger charge is -2.18. The Morgan fingerprint density at radius 3 is 2.56 bits per heavy atom. The van der Waals surface area contributed by atoms with Crippen LogP contribution in [0.15, 0.2) is 14.1 Å². The average Bonchev–Trinajstić information content (AvgIpc) is 2.44. The van der Waals surface area contributed by atoms with Crippen molar-refractivity contribution in [2.75, 3.05) is 6.54 Å². The third-order valence-corrected chi connectivity index (χ3v) is 5.95. The molecule has 8 heteroatoms. The van der Waals surface area contributed by atoms with E-state index >= 15 is 0 Å². The number of hydrogen-bond acceptors (Lipinski definition) is 4. The van der Waals surface area contributed by atoms with E-state index in [9.17, 15) is 8.42 Å². The molecule has 0 saturated heterocycles. The summed E-state index contributed by atoms with van der Waals surface area (Å²) in [5.74, 6) is 0. The predicted molar refractivity (Wildman–Crippen MR) is 70.5 cm³/mol. The molecule has 0 aliphatic carbocycles. The SMILES string of the molecule is CC(C)(N)CNS(=O)(=O)c1cc(Cl)c(Br)s1. The van der Waals surface area contributed by atoms with Crippen LogP contribution in [0.25, 0.3) is 0 Å². The molecule has 0 aromatic carbocycles. The molecule has 0 fully saturated rings. The molecule has 0 radical (unpaired) electrons. The molecule has 0 spiro atoms. The number of thiophene rings is 1.